The van der Waals surface area contributed by atoms with Crippen molar-refractivity contribution in [1.29, 1.82) is 0 Å². The number of rotatable bonds is 7. The zero-order chi connectivity index (χ0) is 23.4. The molecule has 0 aromatic heterocycles. The van der Waals surface area contributed by atoms with Crippen LogP contribution in [0, 0.1) is 5.92 Å². The third kappa shape index (κ3) is 5.01. The van der Waals surface area contributed by atoms with E-state index in [2.05, 4.69) is 35.1 Å². The number of carboxylic acid groups (broad SMARTS) is 1. The van der Waals surface area contributed by atoms with Crippen LogP contribution in [0.1, 0.15) is 49.7 Å². The summed E-state index contributed by atoms with van der Waals surface area (Å²) in [7, 11) is 0. The lowest BCUT2D eigenvalue weighted by atomic mass is 9.84. The first-order valence-corrected chi connectivity index (χ1v) is 11.3. The van der Waals surface area contributed by atoms with Crippen molar-refractivity contribution in [2.24, 2.45) is 5.92 Å². The number of hydrogen-bond donors (Lipinski definition) is 3. The van der Waals surface area contributed by atoms with Crippen molar-refractivity contribution < 1.29 is 29.1 Å². The summed E-state index contributed by atoms with van der Waals surface area (Å²) in [6.07, 6.45) is 1.20. The smallest absolute Gasteiger partial charge is 0.407 e. The number of amides is 2. The van der Waals surface area contributed by atoms with Crippen molar-refractivity contribution in [2.45, 2.75) is 50.7 Å². The van der Waals surface area contributed by atoms with E-state index in [1.807, 2.05) is 24.3 Å². The van der Waals surface area contributed by atoms with Gasteiger partial charge in [-0.05, 0) is 42.0 Å². The second kappa shape index (κ2) is 10.0. The lowest BCUT2D eigenvalue weighted by Gasteiger charge is -2.31. The molecule has 2 aliphatic carbocycles. The number of aliphatic carboxylic acids is 1. The molecule has 0 radical (unpaired) electrons. The highest BCUT2D eigenvalue weighted by Crippen LogP contribution is 2.44. The Labute approximate surface area is 192 Å². The van der Waals surface area contributed by atoms with Gasteiger partial charge in [-0.1, -0.05) is 61.4 Å². The molecule has 0 bridgehead atoms. The Balaban J connectivity index is 1.36. The molecule has 33 heavy (non-hydrogen) atoms. The summed E-state index contributed by atoms with van der Waals surface area (Å²) in [6, 6.07) is 15.8. The lowest BCUT2D eigenvalue weighted by molar-refractivity contribution is -0.160. The topological polar surface area (TPSA) is 114 Å². The van der Waals surface area contributed by atoms with E-state index in [0.717, 1.165) is 35.1 Å². The zero-order valence-electron chi connectivity index (χ0n) is 18.5. The number of ether oxygens (including phenoxy) is 1. The minimum atomic E-state index is -1.17. The number of carbonyl (C=O) groups is 3. The van der Waals surface area contributed by atoms with E-state index >= 15 is 0 Å². The van der Waals surface area contributed by atoms with E-state index in [-0.39, 0.29) is 12.5 Å². The van der Waals surface area contributed by atoms with Gasteiger partial charge < -0.3 is 15.2 Å². The largest absolute Gasteiger partial charge is 0.479 e. The van der Waals surface area contributed by atoms with Crippen molar-refractivity contribution in [2.75, 3.05) is 6.61 Å². The van der Waals surface area contributed by atoms with Crippen LogP contribution in [-0.4, -0.2) is 41.8 Å². The molecular weight excluding hydrogens is 424 g/mol. The molecule has 8 nitrogen and oxygen atoms in total. The molecule has 2 aromatic carbocycles. The maximum Gasteiger partial charge on any atom is 0.407 e. The number of alkyl carbamates (subject to hydrolysis) is 1. The molecular formula is C25H28N2O6. The number of carbonyl (C=O) groups excluding carboxylic acids is 2. The van der Waals surface area contributed by atoms with Crippen LogP contribution in [0.5, 0.6) is 0 Å². The fourth-order valence-corrected chi connectivity index (χ4v) is 4.68. The molecule has 2 amide bonds. The van der Waals surface area contributed by atoms with Gasteiger partial charge in [0.15, 0.2) is 6.10 Å². The highest BCUT2D eigenvalue weighted by atomic mass is 16.7. The first-order chi connectivity index (χ1) is 16.0. The molecule has 0 aliphatic heterocycles. The number of benzene rings is 2. The van der Waals surface area contributed by atoms with Gasteiger partial charge >= 0.3 is 12.1 Å². The van der Waals surface area contributed by atoms with Crippen LogP contribution >= 0.6 is 0 Å². The Hall–Kier alpha value is -3.39. The van der Waals surface area contributed by atoms with Crippen molar-refractivity contribution in [3.8, 4) is 11.1 Å². The summed E-state index contributed by atoms with van der Waals surface area (Å²) in [5.41, 5.74) is 6.79. The van der Waals surface area contributed by atoms with Gasteiger partial charge in [-0.25, -0.2) is 15.1 Å². The van der Waals surface area contributed by atoms with Crippen LogP contribution in [-0.2, 0) is 19.2 Å². The van der Waals surface area contributed by atoms with E-state index in [1.54, 1.807) is 0 Å². The van der Waals surface area contributed by atoms with Gasteiger partial charge in [0.25, 0.3) is 0 Å². The second-order valence-corrected chi connectivity index (χ2v) is 8.53. The van der Waals surface area contributed by atoms with E-state index in [1.165, 1.54) is 6.92 Å². The summed E-state index contributed by atoms with van der Waals surface area (Å²) < 4.78 is 5.61. The monoisotopic (exact) mass is 452 g/mol. The van der Waals surface area contributed by atoms with Crippen LogP contribution in [0.4, 0.5) is 4.79 Å². The average molecular weight is 453 g/mol. The van der Waals surface area contributed by atoms with Crippen molar-refractivity contribution in [1.82, 2.24) is 10.8 Å². The summed E-state index contributed by atoms with van der Waals surface area (Å²) >= 11 is 0. The zero-order valence-corrected chi connectivity index (χ0v) is 18.5. The summed E-state index contributed by atoms with van der Waals surface area (Å²) in [5.74, 6) is -2.17. The minimum absolute atomic E-state index is 0.0421. The third-order valence-corrected chi connectivity index (χ3v) is 6.43. The predicted molar refractivity (Wildman–Crippen MR) is 120 cm³/mol. The van der Waals surface area contributed by atoms with Crippen LogP contribution < -0.4 is 10.8 Å². The van der Waals surface area contributed by atoms with Crippen molar-refractivity contribution in [3.63, 3.8) is 0 Å². The molecule has 3 N–H and O–H groups in total. The van der Waals surface area contributed by atoms with Crippen LogP contribution in [0.3, 0.4) is 0 Å². The van der Waals surface area contributed by atoms with Crippen LogP contribution in [0.15, 0.2) is 48.5 Å². The van der Waals surface area contributed by atoms with Crippen molar-refractivity contribution in [3.05, 3.63) is 59.7 Å². The average Bonchev–Trinajstić information content (AvgIpc) is 3.15. The quantitative estimate of drug-likeness (QED) is 0.553. The fraction of sp³-hybridized carbons (Fsp3) is 0.400. The van der Waals surface area contributed by atoms with E-state index in [9.17, 15) is 14.4 Å². The standard InChI is InChI=1S/C25H28N2O6/c1-15(24(29)30)33-27-23(28)20-12-6-7-13-22(20)26-25(31)32-14-21-18-10-4-2-8-16(18)17-9-3-5-11-19(17)21/h2-5,8-11,15,20-22H,6-7,12-14H2,1H3,(H,26,31)(H,27,28)(H,29,30)/t15?,20-,22+/m0/s1. The normalized spacial score (nSPS) is 20.3. The van der Waals surface area contributed by atoms with E-state index < -0.39 is 36.0 Å². The number of hydrogen-bond acceptors (Lipinski definition) is 5. The molecule has 3 atom stereocenters. The summed E-state index contributed by atoms with van der Waals surface area (Å²) in [6.45, 7) is 1.53. The first-order valence-electron chi connectivity index (χ1n) is 11.3. The number of carboxylic acids is 1. The Morgan fingerprint density at radius 1 is 1.00 bits per heavy atom. The molecule has 1 unspecified atom stereocenters. The molecule has 0 spiro atoms. The number of hydroxylamine groups is 1. The SMILES string of the molecule is CC(ONC(=O)[C@H]1CCCC[C@H]1NC(=O)OCC1c2ccccc2-c2ccccc21)C(=O)O. The van der Waals surface area contributed by atoms with Crippen molar-refractivity contribution >= 4 is 18.0 Å². The molecule has 0 saturated heterocycles. The molecule has 2 aliphatic rings. The molecule has 4 rings (SSSR count). The van der Waals surface area contributed by atoms with Gasteiger partial charge in [0.05, 0.1) is 5.92 Å². The lowest BCUT2D eigenvalue weighted by Crippen LogP contribution is -2.49. The third-order valence-electron chi connectivity index (χ3n) is 6.43. The highest BCUT2D eigenvalue weighted by molar-refractivity contribution is 5.81. The molecule has 8 heteroatoms. The van der Waals surface area contributed by atoms with Crippen LogP contribution in [0.25, 0.3) is 11.1 Å². The van der Waals surface area contributed by atoms with Gasteiger partial charge in [-0.2, -0.15) is 0 Å². The maximum absolute atomic E-state index is 12.6. The molecule has 1 saturated carbocycles. The Bertz CT molecular complexity index is 994. The Morgan fingerprint density at radius 3 is 2.24 bits per heavy atom. The number of nitrogens with one attached hydrogen (secondary N) is 2. The van der Waals surface area contributed by atoms with E-state index in [0.29, 0.717) is 12.8 Å². The maximum atomic E-state index is 12.6. The predicted octanol–water partition coefficient (Wildman–Crippen LogP) is 3.60. The number of fused-ring (bicyclic) bond motifs is 3. The molecule has 1 fully saturated rings. The fourth-order valence-electron chi connectivity index (χ4n) is 4.68. The minimum Gasteiger partial charge on any atom is -0.479 e. The molecule has 174 valence electrons. The molecule has 2 aromatic rings. The summed E-state index contributed by atoms with van der Waals surface area (Å²) in [5, 5.41) is 11.7. The summed E-state index contributed by atoms with van der Waals surface area (Å²) in [4.78, 5) is 41.0. The Kier molecular flexibility index (Phi) is 6.93. The van der Waals surface area contributed by atoms with Gasteiger partial charge in [-0.15, -0.1) is 0 Å². The first kappa shape index (κ1) is 22.8. The highest BCUT2D eigenvalue weighted by Gasteiger charge is 2.34. The Morgan fingerprint density at radius 2 is 1.61 bits per heavy atom. The molecule has 0 heterocycles. The van der Waals surface area contributed by atoms with E-state index in [4.69, 9.17) is 14.7 Å². The van der Waals surface area contributed by atoms with Gasteiger partial charge in [0.2, 0.25) is 5.91 Å². The van der Waals surface area contributed by atoms with Gasteiger partial charge in [0, 0.05) is 12.0 Å². The van der Waals surface area contributed by atoms with Crippen LogP contribution in [0.2, 0.25) is 0 Å². The van der Waals surface area contributed by atoms with Gasteiger partial charge in [-0.3, -0.25) is 9.63 Å². The van der Waals surface area contributed by atoms with Gasteiger partial charge in [0.1, 0.15) is 6.61 Å². The second-order valence-electron chi connectivity index (χ2n) is 8.53.